The summed E-state index contributed by atoms with van der Waals surface area (Å²) < 4.78 is 27.0. The molecular formula is C34H38ClFN6O3. The van der Waals surface area contributed by atoms with Gasteiger partial charge in [-0.05, 0) is 57.3 Å². The number of nitrogens with zero attached hydrogens (tertiary/aromatic N) is 6. The summed E-state index contributed by atoms with van der Waals surface area (Å²) in [4.78, 5) is 31.8. The van der Waals surface area contributed by atoms with Crippen LogP contribution in [0.1, 0.15) is 49.6 Å². The minimum absolute atomic E-state index is 0.0317. The highest BCUT2D eigenvalue weighted by atomic mass is 35.5. The number of rotatable bonds is 7. The van der Waals surface area contributed by atoms with Crippen molar-refractivity contribution < 1.29 is 18.7 Å². The summed E-state index contributed by atoms with van der Waals surface area (Å²) in [7, 11) is 2.10. The van der Waals surface area contributed by atoms with Gasteiger partial charge in [-0.2, -0.15) is 9.97 Å². The maximum atomic E-state index is 13.9. The molecule has 0 spiro atoms. The standard InChI is InChI=1S/C34H38ClFN6O3/c1-21(36)32(43)42-16-15-41(19-24(42)18-37-4)31-30-27(38-33(39-31)44-20-23-11-8-14-40(23)5)17-28(45-34(30,2)3)25-12-6-9-22-10-7-13-26(35)29(22)25/h6-7,9-10,12-13,23-24,28H,1,8,11,14-20H2,2-3,5H3/t23-,24-,28?/m0/s1. The molecule has 0 bridgehead atoms. The average Bonchev–Trinajstić information content (AvgIpc) is 3.43. The number of fused-ring (bicyclic) bond motifs is 2. The molecule has 0 saturated carbocycles. The molecule has 4 heterocycles. The van der Waals surface area contributed by atoms with E-state index in [4.69, 9.17) is 37.6 Å². The first-order chi connectivity index (χ1) is 21.6. The number of ether oxygens (including phenoxy) is 2. The maximum Gasteiger partial charge on any atom is 0.318 e. The van der Waals surface area contributed by atoms with Gasteiger partial charge in [-0.1, -0.05) is 48.5 Å². The van der Waals surface area contributed by atoms with Gasteiger partial charge in [-0.3, -0.25) is 4.79 Å². The van der Waals surface area contributed by atoms with E-state index < -0.39 is 23.4 Å². The summed E-state index contributed by atoms with van der Waals surface area (Å²) in [6, 6.07) is 12.0. The zero-order chi connectivity index (χ0) is 31.9. The molecule has 0 N–H and O–H groups in total. The number of carbonyl (C=O) groups is 1. The molecule has 9 nitrogen and oxygen atoms in total. The number of likely N-dealkylation sites (N-methyl/N-ethyl adjacent to an activating group) is 1. The van der Waals surface area contributed by atoms with Gasteiger partial charge in [0.2, 0.25) is 6.54 Å². The number of carbonyl (C=O) groups excluding carboxylic acids is 1. The summed E-state index contributed by atoms with van der Waals surface area (Å²) in [5.41, 5.74) is 1.84. The molecule has 3 atom stereocenters. The van der Waals surface area contributed by atoms with E-state index in [1.807, 2.05) is 44.2 Å². The van der Waals surface area contributed by atoms with Gasteiger partial charge in [0.1, 0.15) is 18.5 Å². The minimum atomic E-state index is -1.03. The van der Waals surface area contributed by atoms with Crippen LogP contribution in [-0.4, -0.2) is 84.1 Å². The zero-order valence-electron chi connectivity index (χ0n) is 25.9. The molecule has 0 radical (unpaired) electrons. The number of likely N-dealkylation sites (tertiary alicyclic amines) is 1. The Bertz CT molecular complexity index is 1670. The molecule has 1 amide bonds. The summed E-state index contributed by atoms with van der Waals surface area (Å²) in [6.07, 6.45) is 2.32. The monoisotopic (exact) mass is 632 g/mol. The molecule has 45 heavy (non-hydrogen) atoms. The quantitative estimate of drug-likeness (QED) is 0.243. The molecular weight excluding hydrogens is 595 g/mol. The highest BCUT2D eigenvalue weighted by molar-refractivity contribution is 6.35. The second kappa shape index (κ2) is 12.5. The Balaban J connectivity index is 1.40. The van der Waals surface area contributed by atoms with E-state index in [1.165, 1.54) is 4.90 Å². The average molecular weight is 633 g/mol. The van der Waals surface area contributed by atoms with Crippen LogP contribution < -0.4 is 9.64 Å². The van der Waals surface area contributed by atoms with Gasteiger partial charge in [0.15, 0.2) is 5.83 Å². The van der Waals surface area contributed by atoms with Gasteiger partial charge >= 0.3 is 6.01 Å². The minimum Gasteiger partial charge on any atom is -0.462 e. The van der Waals surface area contributed by atoms with Crippen LogP contribution in [-0.2, 0) is 21.6 Å². The number of aromatic nitrogens is 2. The van der Waals surface area contributed by atoms with E-state index in [0.29, 0.717) is 37.0 Å². The number of hydrogen-bond donors (Lipinski definition) is 0. The SMILES string of the molecule is [C-]#[N+]C[C@H]1CN(c2nc(OC[C@@H]3CCCN3C)nc3c2C(C)(C)OC(c2cccc4cccc(Cl)c24)C3)CCN1C(=O)C(=C)F. The fraction of sp³-hybridized carbons (Fsp3) is 0.471. The lowest BCUT2D eigenvalue weighted by Crippen LogP contribution is -2.57. The zero-order valence-corrected chi connectivity index (χ0v) is 26.7. The molecule has 1 aromatic heterocycles. The van der Waals surface area contributed by atoms with Crippen molar-refractivity contribution in [1.82, 2.24) is 19.8 Å². The van der Waals surface area contributed by atoms with Gasteiger partial charge in [-0.15, -0.1) is 0 Å². The van der Waals surface area contributed by atoms with Crippen LogP contribution >= 0.6 is 11.6 Å². The lowest BCUT2D eigenvalue weighted by atomic mass is 9.86. The predicted molar refractivity (Wildman–Crippen MR) is 172 cm³/mol. The Kier molecular flexibility index (Phi) is 8.70. The van der Waals surface area contributed by atoms with Crippen LogP contribution in [0.5, 0.6) is 6.01 Å². The smallest absolute Gasteiger partial charge is 0.318 e. The molecule has 3 aliphatic rings. The molecule has 2 saturated heterocycles. The van der Waals surface area contributed by atoms with Crippen molar-refractivity contribution in [2.24, 2.45) is 0 Å². The number of benzene rings is 2. The van der Waals surface area contributed by atoms with Crippen LogP contribution in [0.15, 0.2) is 48.8 Å². The van der Waals surface area contributed by atoms with Crippen molar-refractivity contribution in [2.45, 2.75) is 56.9 Å². The molecule has 3 aliphatic heterocycles. The van der Waals surface area contributed by atoms with Crippen molar-refractivity contribution in [3.05, 3.63) is 82.1 Å². The molecule has 0 aliphatic carbocycles. The van der Waals surface area contributed by atoms with E-state index in [2.05, 4.69) is 34.3 Å². The number of anilines is 1. The van der Waals surface area contributed by atoms with E-state index in [-0.39, 0.29) is 31.2 Å². The van der Waals surface area contributed by atoms with Crippen LogP contribution in [0, 0.1) is 6.57 Å². The highest BCUT2D eigenvalue weighted by Crippen LogP contribution is 2.47. The number of halogens is 2. The summed E-state index contributed by atoms with van der Waals surface area (Å²) in [6.45, 7) is 17.2. The second-order valence-corrected chi connectivity index (χ2v) is 13.0. The summed E-state index contributed by atoms with van der Waals surface area (Å²) in [5.74, 6) is -1.16. The van der Waals surface area contributed by atoms with Gasteiger partial charge in [0.25, 0.3) is 5.91 Å². The first-order valence-corrected chi connectivity index (χ1v) is 15.8. The lowest BCUT2D eigenvalue weighted by molar-refractivity contribution is -0.131. The van der Waals surface area contributed by atoms with E-state index in [0.717, 1.165) is 47.0 Å². The summed E-state index contributed by atoms with van der Waals surface area (Å²) >= 11 is 6.72. The van der Waals surface area contributed by atoms with E-state index in [9.17, 15) is 9.18 Å². The van der Waals surface area contributed by atoms with Crippen molar-refractivity contribution in [3.8, 4) is 6.01 Å². The van der Waals surface area contributed by atoms with Crippen molar-refractivity contribution in [2.75, 3.05) is 51.3 Å². The van der Waals surface area contributed by atoms with Crippen LogP contribution in [0.4, 0.5) is 10.2 Å². The van der Waals surface area contributed by atoms with Gasteiger partial charge in [0, 0.05) is 48.1 Å². The van der Waals surface area contributed by atoms with Gasteiger partial charge < -0.3 is 29.0 Å². The third-order valence-electron chi connectivity index (χ3n) is 9.25. The van der Waals surface area contributed by atoms with Crippen molar-refractivity contribution in [1.29, 1.82) is 0 Å². The van der Waals surface area contributed by atoms with Crippen LogP contribution in [0.2, 0.25) is 5.02 Å². The third kappa shape index (κ3) is 6.09. The Morgan fingerprint density at radius 3 is 2.69 bits per heavy atom. The third-order valence-corrected chi connectivity index (χ3v) is 9.56. The molecule has 3 aromatic rings. The molecule has 236 valence electrons. The Hall–Kier alpha value is -3.78. The molecule has 1 unspecified atom stereocenters. The molecule has 2 fully saturated rings. The first-order valence-electron chi connectivity index (χ1n) is 15.4. The first kappa shape index (κ1) is 31.2. The topological polar surface area (TPSA) is 75.4 Å². The maximum absolute atomic E-state index is 13.9. The predicted octanol–water partition coefficient (Wildman–Crippen LogP) is 5.72. The molecule has 2 aromatic carbocycles. The van der Waals surface area contributed by atoms with Crippen molar-refractivity contribution >= 4 is 34.1 Å². The fourth-order valence-electron chi connectivity index (χ4n) is 7.02. The Morgan fingerprint density at radius 2 is 1.98 bits per heavy atom. The van der Waals surface area contributed by atoms with Crippen molar-refractivity contribution in [3.63, 3.8) is 0 Å². The summed E-state index contributed by atoms with van der Waals surface area (Å²) in [5, 5.41) is 2.66. The molecule has 11 heteroatoms. The fourth-order valence-corrected chi connectivity index (χ4v) is 7.31. The normalized spacial score (nSPS) is 23.1. The Morgan fingerprint density at radius 1 is 1.20 bits per heavy atom. The van der Waals surface area contributed by atoms with E-state index >= 15 is 0 Å². The number of hydrogen-bond acceptors (Lipinski definition) is 7. The Labute approximate surface area is 268 Å². The van der Waals surface area contributed by atoms with Gasteiger partial charge in [-0.25, -0.2) is 11.0 Å². The van der Waals surface area contributed by atoms with Crippen LogP contribution in [0.3, 0.4) is 0 Å². The van der Waals surface area contributed by atoms with E-state index in [1.54, 1.807) is 0 Å². The highest BCUT2D eigenvalue weighted by Gasteiger charge is 2.43. The number of piperazine rings is 1. The lowest BCUT2D eigenvalue weighted by Gasteiger charge is -2.44. The van der Waals surface area contributed by atoms with Crippen LogP contribution in [0.25, 0.3) is 15.6 Å². The largest absolute Gasteiger partial charge is 0.462 e. The second-order valence-electron chi connectivity index (χ2n) is 12.6. The number of amides is 1. The van der Waals surface area contributed by atoms with Gasteiger partial charge in [0.05, 0.1) is 17.4 Å². The molecule has 6 rings (SSSR count).